The van der Waals surface area contributed by atoms with Crippen molar-refractivity contribution in [1.82, 2.24) is 5.32 Å². The number of hydrogen-bond acceptors (Lipinski definition) is 1. The third-order valence-corrected chi connectivity index (χ3v) is 0.781. The lowest BCUT2D eigenvalue weighted by molar-refractivity contribution is 0.831. The molecule has 0 spiro atoms. The van der Waals surface area contributed by atoms with Crippen LogP contribution in [0, 0.1) is 0 Å². The van der Waals surface area contributed by atoms with Crippen LogP contribution in [0.25, 0.3) is 0 Å². The Kier molecular flexibility index (Phi) is 0.881. The van der Waals surface area contributed by atoms with Gasteiger partial charge in [0.05, 0.1) is 6.54 Å². The summed E-state index contributed by atoms with van der Waals surface area (Å²) in [5.74, 6) is 0. The highest BCUT2D eigenvalue weighted by atomic mass is 15.1. The molecule has 0 aliphatic carbocycles. The lowest BCUT2D eigenvalue weighted by Gasteiger charge is -1.76. The molecule has 0 amide bonds. The molecule has 1 rings (SSSR count). The maximum Gasteiger partial charge on any atom is 0.104 e. The molecule has 0 aromatic heterocycles. The highest BCUT2D eigenvalue weighted by molar-refractivity contribution is 5.84. The van der Waals surface area contributed by atoms with Crippen molar-refractivity contribution in [2.45, 2.75) is 6.92 Å². The van der Waals surface area contributed by atoms with Gasteiger partial charge in [0.25, 0.3) is 0 Å². The topological polar surface area (TPSA) is 26.5 Å². The second kappa shape index (κ2) is 1.39. The largest absolute Gasteiger partial charge is 0.276 e. The van der Waals surface area contributed by atoms with Crippen molar-refractivity contribution >= 4 is 5.71 Å². The van der Waals surface area contributed by atoms with E-state index in [9.17, 15) is 0 Å². The maximum atomic E-state index is 3.99. The van der Waals surface area contributed by atoms with Gasteiger partial charge in [-0.25, -0.2) is 5.32 Å². The predicted molar refractivity (Wildman–Crippen MR) is 25.0 cm³/mol. The summed E-state index contributed by atoms with van der Waals surface area (Å²) in [6.45, 7) is 3.56. The summed E-state index contributed by atoms with van der Waals surface area (Å²) >= 11 is 0. The fourth-order valence-corrected chi connectivity index (χ4v) is 0.433. The average molecular weight is 83.1 g/mol. The van der Waals surface area contributed by atoms with Crippen molar-refractivity contribution in [2.24, 2.45) is 4.99 Å². The Morgan fingerprint density at radius 1 is 1.67 bits per heavy atom. The first kappa shape index (κ1) is 3.81. The quantitative estimate of drug-likeness (QED) is 0.395. The normalized spacial score (nSPS) is 21.2. The van der Waals surface area contributed by atoms with Crippen molar-refractivity contribution < 1.29 is 0 Å². The van der Waals surface area contributed by atoms with E-state index in [1.165, 1.54) is 0 Å². The summed E-state index contributed by atoms with van der Waals surface area (Å²) in [5.41, 5.74) is 1.16. The van der Waals surface area contributed by atoms with Crippen LogP contribution < -0.4 is 5.32 Å². The summed E-state index contributed by atoms with van der Waals surface area (Å²) in [6.07, 6.45) is 0. The lowest BCUT2D eigenvalue weighted by Crippen LogP contribution is -2.01. The number of rotatable bonds is 0. The van der Waals surface area contributed by atoms with Gasteiger partial charge in [-0.05, 0) is 6.92 Å². The second-order valence-electron chi connectivity index (χ2n) is 1.42. The Bertz CT molecular complexity index is 75.6. The van der Waals surface area contributed by atoms with Crippen LogP contribution in [-0.4, -0.2) is 18.9 Å². The predicted octanol–water partition coefficient (Wildman–Crippen LogP) is 0.0228. The SMILES string of the molecule is CC1=NC[N]C1. The zero-order valence-electron chi connectivity index (χ0n) is 3.81. The highest BCUT2D eigenvalue weighted by Crippen LogP contribution is 1.83. The molecule has 1 aliphatic rings. The van der Waals surface area contributed by atoms with Crippen molar-refractivity contribution in [2.75, 3.05) is 13.2 Å². The summed E-state index contributed by atoms with van der Waals surface area (Å²) in [7, 11) is 0. The summed E-state index contributed by atoms with van der Waals surface area (Å²) < 4.78 is 0. The van der Waals surface area contributed by atoms with Gasteiger partial charge in [-0.1, -0.05) is 0 Å². The standard InChI is InChI=1S/C4H7N2/c1-4-2-5-3-6-4/h2-3H2,1H3. The molecule has 0 unspecified atom stereocenters. The van der Waals surface area contributed by atoms with Gasteiger partial charge < -0.3 is 0 Å². The average Bonchev–Trinajstić information content (AvgIpc) is 1.86. The van der Waals surface area contributed by atoms with E-state index in [-0.39, 0.29) is 0 Å². The summed E-state index contributed by atoms with van der Waals surface area (Å²) in [5, 5.41) is 3.96. The highest BCUT2D eigenvalue weighted by Gasteiger charge is 1.96. The molecule has 1 heterocycles. The molecule has 1 radical (unpaired) electrons. The van der Waals surface area contributed by atoms with Gasteiger partial charge in [-0.2, -0.15) is 0 Å². The van der Waals surface area contributed by atoms with Crippen LogP contribution in [0.15, 0.2) is 4.99 Å². The van der Waals surface area contributed by atoms with E-state index in [0.29, 0.717) is 6.67 Å². The minimum absolute atomic E-state index is 0.700. The summed E-state index contributed by atoms with van der Waals surface area (Å²) in [6, 6.07) is 0. The lowest BCUT2D eigenvalue weighted by atomic mass is 10.4. The zero-order valence-corrected chi connectivity index (χ0v) is 3.81. The van der Waals surface area contributed by atoms with Crippen molar-refractivity contribution in [3.63, 3.8) is 0 Å². The van der Waals surface area contributed by atoms with Crippen LogP contribution >= 0.6 is 0 Å². The molecule has 6 heavy (non-hydrogen) atoms. The van der Waals surface area contributed by atoms with Crippen LogP contribution in [0.1, 0.15) is 6.92 Å². The first-order valence-corrected chi connectivity index (χ1v) is 2.03. The van der Waals surface area contributed by atoms with Gasteiger partial charge >= 0.3 is 0 Å². The molecule has 0 bridgehead atoms. The minimum atomic E-state index is 0.700. The van der Waals surface area contributed by atoms with Crippen LogP contribution in [0.4, 0.5) is 0 Å². The van der Waals surface area contributed by atoms with E-state index in [4.69, 9.17) is 0 Å². The van der Waals surface area contributed by atoms with Gasteiger partial charge in [0.15, 0.2) is 0 Å². The fourth-order valence-electron chi connectivity index (χ4n) is 0.433. The monoisotopic (exact) mass is 83.1 g/mol. The van der Waals surface area contributed by atoms with Crippen molar-refractivity contribution in [1.29, 1.82) is 0 Å². The molecule has 0 aromatic rings. The molecule has 2 nitrogen and oxygen atoms in total. The smallest absolute Gasteiger partial charge is 0.104 e. The van der Waals surface area contributed by atoms with E-state index < -0.39 is 0 Å². The molecule has 0 saturated carbocycles. The fraction of sp³-hybridized carbons (Fsp3) is 0.750. The van der Waals surface area contributed by atoms with Gasteiger partial charge in [-0.3, -0.25) is 4.99 Å². The molecule has 1 aliphatic heterocycles. The zero-order chi connectivity index (χ0) is 4.41. The second-order valence-corrected chi connectivity index (χ2v) is 1.42. The van der Waals surface area contributed by atoms with E-state index in [1.807, 2.05) is 6.92 Å². The Morgan fingerprint density at radius 2 is 2.50 bits per heavy atom. The van der Waals surface area contributed by atoms with Crippen LogP contribution in [-0.2, 0) is 0 Å². The van der Waals surface area contributed by atoms with Crippen LogP contribution in [0.3, 0.4) is 0 Å². The molecule has 33 valence electrons. The maximum absolute atomic E-state index is 3.99. The molecule has 0 atom stereocenters. The Morgan fingerprint density at radius 3 is 2.67 bits per heavy atom. The van der Waals surface area contributed by atoms with Gasteiger partial charge in [-0.15, -0.1) is 0 Å². The molecular weight excluding hydrogens is 76.1 g/mol. The molecular formula is C4H7N2. The third kappa shape index (κ3) is 0.571. The van der Waals surface area contributed by atoms with Gasteiger partial charge in [0.1, 0.15) is 6.67 Å². The Hall–Kier alpha value is -0.370. The van der Waals surface area contributed by atoms with Crippen LogP contribution in [0.2, 0.25) is 0 Å². The van der Waals surface area contributed by atoms with Crippen molar-refractivity contribution in [3.8, 4) is 0 Å². The first-order chi connectivity index (χ1) is 2.89. The Balaban J connectivity index is 2.45. The first-order valence-electron chi connectivity index (χ1n) is 2.03. The molecule has 0 N–H and O–H groups in total. The van der Waals surface area contributed by atoms with E-state index >= 15 is 0 Å². The van der Waals surface area contributed by atoms with Gasteiger partial charge in [0, 0.05) is 5.71 Å². The van der Waals surface area contributed by atoms with E-state index in [0.717, 1.165) is 12.3 Å². The van der Waals surface area contributed by atoms with E-state index in [1.54, 1.807) is 0 Å². The summed E-state index contributed by atoms with van der Waals surface area (Å²) in [4.78, 5) is 3.99. The van der Waals surface area contributed by atoms with E-state index in [2.05, 4.69) is 10.3 Å². The number of aliphatic imine (C=N–C) groups is 1. The molecule has 0 aromatic carbocycles. The third-order valence-electron chi connectivity index (χ3n) is 0.781. The minimum Gasteiger partial charge on any atom is -0.276 e. The van der Waals surface area contributed by atoms with Crippen molar-refractivity contribution in [3.05, 3.63) is 0 Å². The molecule has 0 saturated heterocycles. The number of hydrogen-bond donors (Lipinski definition) is 0. The number of nitrogens with zero attached hydrogens (tertiary/aromatic N) is 2. The molecule has 2 heteroatoms. The van der Waals surface area contributed by atoms with Crippen LogP contribution in [0.5, 0.6) is 0 Å². The Labute approximate surface area is 37.3 Å². The molecule has 0 fully saturated rings. The van der Waals surface area contributed by atoms with Gasteiger partial charge in [0.2, 0.25) is 0 Å².